The van der Waals surface area contributed by atoms with Crippen molar-refractivity contribution in [1.82, 2.24) is 15.5 Å². The lowest BCUT2D eigenvalue weighted by Gasteiger charge is -2.08. The molecule has 1 aromatic heterocycles. The summed E-state index contributed by atoms with van der Waals surface area (Å²) in [6, 6.07) is 0.222. The molecule has 0 saturated carbocycles. The van der Waals surface area contributed by atoms with Crippen LogP contribution in [0.5, 0.6) is 0 Å². The van der Waals surface area contributed by atoms with E-state index in [1.165, 1.54) is 11.3 Å². The fourth-order valence-electron chi connectivity index (χ4n) is 2.04. The van der Waals surface area contributed by atoms with Crippen LogP contribution >= 0.6 is 11.3 Å². The van der Waals surface area contributed by atoms with E-state index in [9.17, 15) is 8.42 Å². The molecule has 1 aromatic rings. The third-order valence-electron chi connectivity index (χ3n) is 3.09. The Morgan fingerprint density at radius 2 is 2.29 bits per heavy atom. The lowest BCUT2D eigenvalue weighted by molar-refractivity contribution is 0.568. The number of hydrogen-bond donors (Lipinski definition) is 1. The zero-order valence-electron chi connectivity index (χ0n) is 10.0. The molecular formula is C10H17N3O2S2. The predicted molar refractivity (Wildman–Crippen MR) is 68.0 cm³/mol. The van der Waals surface area contributed by atoms with E-state index in [4.69, 9.17) is 0 Å². The highest BCUT2D eigenvalue weighted by molar-refractivity contribution is 7.91. The Kier molecular flexibility index (Phi) is 3.79. The lowest BCUT2D eigenvalue weighted by atomic mass is 10.1. The van der Waals surface area contributed by atoms with Gasteiger partial charge in [0.2, 0.25) is 0 Å². The maximum Gasteiger partial charge on any atom is 0.151 e. The summed E-state index contributed by atoms with van der Waals surface area (Å²) in [5, 5.41) is 13.3. The number of nitrogens with one attached hydrogen (secondary N) is 1. The van der Waals surface area contributed by atoms with Gasteiger partial charge in [0.25, 0.3) is 0 Å². The van der Waals surface area contributed by atoms with E-state index >= 15 is 0 Å². The van der Waals surface area contributed by atoms with Crippen LogP contribution in [0.1, 0.15) is 41.7 Å². The number of nitrogens with zero attached hydrogens (tertiary/aromatic N) is 2. The molecule has 2 unspecified atom stereocenters. The van der Waals surface area contributed by atoms with Crippen molar-refractivity contribution < 1.29 is 8.42 Å². The lowest BCUT2D eigenvalue weighted by Crippen LogP contribution is -2.14. The van der Waals surface area contributed by atoms with E-state index in [1.54, 1.807) is 0 Å². The van der Waals surface area contributed by atoms with Gasteiger partial charge in [-0.2, -0.15) is 0 Å². The summed E-state index contributed by atoms with van der Waals surface area (Å²) in [5.74, 6) is 0.578. The molecule has 1 aliphatic heterocycles. The van der Waals surface area contributed by atoms with Crippen LogP contribution in [0, 0.1) is 0 Å². The second-order valence-electron chi connectivity index (χ2n) is 4.33. The Bertz CT molecular complexity index is 479. The highest BCUT2D eigenvalue weighted by atomic mass is 32.2. The van der Waals surface area contributed by atoms with Gasteiger partial charge in [0.15, 0.2) is 9.84 Å². The van der Waals surface area contributed by atoms with Gasteiger partial charge < -0.3 is 5.32 Å². The molecule has 0 spiro atoms. The number of rotatable bonds is 4. The van der Waals surface area contributed by atoms with Crippen LogP contribution in [0.4, 0.5) is 0 Å². The molecule has 0 aromatic carbocycles. The molecule has 0 radical (unpaired) electrons. The minimum atomic E-state index is -2.84. The molecule has 1 saturated heterocycles. The molecule has 0 aliphatic carbocycles. The average Bonchev–Trinajstić information content (AvgIpc) is 2.87. The summed E-state index contributed by atoms with van der Waals surface area (Å²) in [4.78, 5) is 0. The molecule has 1 N–H and O–H groups in total. The van der Waals surface area contributed by atoms with E-state index in [0.717, 1.165) is 16.4 Å². The number of aromatic nitrogens is 2. The van der Waals surface area contributed by atoms with Gasteiger partial charge in [0.05, 0.1) is 17.5 Å². The zero-order valence-corrected chi connectivity index (χ0v) is 11.6. The summed E-state index contributed by atoms with van der Waals surface area (Å²) in [7, 11) is -0.944. The molecular weight excluding hydrogens is 258 g/mol. The highest BCUT2D eigenvalue weighted by Gasteiger charge is 2.31. The van der Waals surface area contributed by atoms with Crippen molar-refractivity contribution >= 4 is 21.2 Å². The Morgan fingerprint density at radius 1 is 1.53 bits per heavy atom. The first-order chi connectivity index (χ1) is 8.05. The highest BCUT2D eigenvalue weighted by Crippen LogP contribution is 2.32. The van der Waals surface area contributed by atoms with Crippen LogP contribution in [0.3, 0.4) is 0 Å². The quantitative estimate of drug-likeness (QED) is 0.891. The molecule has 1 aliphatic rings. The summed E-state index contributed by atoms with van der Waals surface area (Å²) in [6.45, 7) is 2.09. The van der Waals surface area contributed by atoms with E-state index in [-0.39, 0.29) is 23.5 Å². The Morgan fingerprint density at radius 3 is 2.82 bits per heavy atom. The first-order valence-corrected chi connectivity index (χ1v) is 8.40. The molecule has 1 fully saturated rings. The maximum atomic E-state index is 11.4. The predicted octanol–water partition coefficient (Wildman–Crippen LogP) is 1.11. The summed E-state index contributed by atoms with van der Waals surface area (Å²) < 4.78 is 22.8. The monoisotopic (exact) mass is 275 g/mol. The van der Waals surface area contributed by atoms with Crippen LogP contribution in [0.25, 0.3) is 0 Å². The van der Waals surface area contributed by atoms with Gasteiger partial charge in [0, 0.05) is 5.92 Å². The number of hydrogen-bond acceptors (Lipinski definition) is 6. The average molecular weight is 275 g/mol. The molecule has 5 nitrogen and oxygen atoms in total. The Hall–Kier alpha value is -0.530. The largest absolute Gasteiger partial charge is 0.311 e. The topological polar surface area (TPSA) is 72.0 Å². The van der Waals surface area contributed by atoms with E-state index in [2.05, 4.69) is 22.4 Å². The van der Waals surface area contributed by atoms with Crippen molar-refractivity contribution in [3.63, 3.8) is 0 Å². The van der Waals surface area contributed by atoms with Gasteiger partial charge in [0.1, 0.15) is 10.0 Å². The minimum absolute atomic E-state index is 0.0561. The van der Waals surface area contributed by atoms with E-state index in [0.29, 0.717) is 6.42 Å². The summed E-state index contributed by atoms with van der Waals surface area (Å²) in [5.41, 5.74) is 0. The van der Waals surface area contributed by atoms with Gasteiger partial charge in [-0.25, -0.2) is 8.42 Å². The van der Waals surface area contributed by atoms with Crippen LogP contribution in [-0.2, 0) is 9.84 Å². The van der Waals surface area contributed by atoms with Gasteiger partial charge in [-0.15, -0.1) is 10.2 Å². The van der Waals surface area contributed by atoms with Crippen molar-refractivity contribution in [3.05, 3.63) is 10.0 Å². The van der Waals surface area contributed by atoms with Gasteiger partial charge in [-0.05, 0) is 19.9 Å². The molecule has 0 amide bonds. The van der Waals surface area contributed by atoms with Crippen molar-refractivity contribution in [2.75, 3.05) is 18.6 Å². The molecule has 2 atom stereocenters. The van der Waals surface area contributed by atoms with Gasteiger partial charge >= 0.3 is 0 Å². The number of sulfone groups is 1. The van der Waals surface area contributed by atoms with Gasteiger partial charge in [-0.1, -0.05) is 18.3 Å². The normalized spacial score (nSPS) is 24.9. The van der Waals surface area contributed by atoms with Crippen LogP contribution in [0.2, 0.25) is 0 Å². The molecule has 7 heteroatoms. The summed E-state index contributed by atoms with van der Waals surface area (Å²) in [6.07, 6.45) is 1.64. The molecule has 17 heavy (non-hydrogen) atoms. The second kappa shape index (κ2) is 4.99. The SMILES string of the molecule is CCC(NC)c1nnc(C2CCS(=O)(=O)C2)s1. The molecule has 96 valence electrons. The smallest absolute Gasteiger partial charge is 0.151 e. The van der Waals surface area contributed by atoms with Crippen LogP contribution in [0.15, 0.2) is 0 Å². The van der Waals surface area contributed by atoms with Gasteiger partial charge in [-0.3, -0.25) is 0 Å². The standard InChI is InChI=1S/C10H17N3O2S2/c1-3-8(11-2)10-13-12-9(16-10)7-4-5-17(14,15)6-7/h7-8,11H,3-6H2,1-2H3. The Labute approximate surface area is 106 Å². The fourth-order valence-corrected chi connectivity index (χ4v) is 5.07. The first-order valence-electron chi connectivity index (χ1n) is 5.76. The Balaban J connectivity index is 2.14. The second-order valence-corrected chi connectivity index (χ2v) is 7.60. The minimum Gasteiger partial charge on any atom is -0.311 e. The van der Waals surface area contributed by atoms with E-state index < -0.39 is 9.84 Å². The molecule has 2 rings (SSSR count). The molecule has 2 heterocycles. The van der Waals surface area contributed by atoms with Crippen LogP contribution < -0.4 is 5.32 Å². The van der Waals surface area contributed by atoms with E-state index in [1.807, 2.05) is 7.05 Å². The molecule has 0 bridgehead atoms. The zero-order chi connectivity index (χ0) is 12.5. The van der Waals surface area contributed by atoms with Crippen molar-refractivity contribution in [2.45, 2.75) is 31.7 Å². The first kappa shape index (κ1) is 12.9. The fraction of sp³-hybridized carbons (Fsp3) is 0.800. The third-order valence-corrected chi connectivity index (χ3v) is 6.06. The van der Waals surface area contributed by atoms with Crippen LogP contribution in [-0.4, -0.2) is 37.2 Å². The third kappa shape index (κ3) is 2.83. The van der Waals surface area contributed by atoms with Crippen molar-refractivity contribution in [2.24, 2.45) is 0 Å². The summed E-state index contributed by atoms with van der Waals surface area (Å²) >= 11 is 1.54. The van der Waals surface area contributed by atoms with Crippen molar-refractivity contribution in [3.8, 4) is 0 Å². The van der Waals surface area contributed by atoms with Crippen molar-refractivity contribution in [1.29, 1.82) is 0 Å². The maximum absolute atomic E-state index is 11.4.